The van der Waals surface area contributed by atoms with Crippen molar-refractivity contribution in [3.63, 3.8) is 0 Å². The van der Waals surface area contributed by atoms with Crippen LogP contribution in [0.25, 0.3) is 0 Å². The van der Waals surface area contributed by atoms with Gasteiger partial charge in [0.1, 0.15) is 0 Å². The van der Waals surface area contributed by atoms with E-state index in [4.69, 9.17) is 10.2 Å². The van der Waals surface area contributed by atoms with E-state index in [0.717, 1.165) is 0 Å². The zero-order chi connectivity index (χ0) is 11.3. The molecule has 84 valence electrons. The third-order valence-corrected chi connectivity index (χ3v) is 1.43. The summed E-state index contributed by atoms with van der Waals surface area (Å²) in [5, 5.41) is 18.2. The Morgan fingerprint density at radius 3 is 2.60 bits per heavy atom. The molecule has 0 bridgehead atoms. The van der Waals surface area contributed by atoms with Gasteiger partial charge in [0.2, 0.25) is 11.8 Å². The first-order valence-electron chi connectivity index (χ1n) is 4.30. The molecule has 0 aliphatic heterocycles. The number of nitrogens with zero attached hydrogens (tertiary/aromatic N) is 1. The monoisotopic (exact) mass is 216 g/mol. The van der Waals surface area contributed by atoms with E-state index in [0.29, 0.717) is 11.3 Å². The maximum Gasteiger partial charge on any atom is 0.360 e. The molecule has 1 rings (SSSR count). The number of hydrogen-bond donors (Lipinski definition) is 3. The normalized spacial score (nSPS) is 10.2. The average Bonchev–Trinajstić information content (AvgIpc) is 2.50. The van der Waals surface area contributed by atoms with Gasteiger partial charge in [0.05, 0.1) is 0 Å². The van der Waals surface area contributed by atoms with Gasteiger partial charge in [0, 0.05) is 18.7 Å². The van der Waals surface area contributed by atoms with Crippen LogP contribution < -0.4 is 10.3 Å². The fraction of sp³-hybridized carbons (Fsp3) is 0.375. The molecule has 0 aromatic carbocycles. The fourth-order valence-corrected chi connectivity index (χ4v) is 0.836. The van der Waals surface area contributed by atoms with E-state index in [1.807, 2.05) is 0 Å². The molecule has 0 atom stereocenters. The molecule has 1 aromatic rings. The van der Waals surface area contributed by atoms with Crippen LogP contribution >= 0.6 is 0 Å². The molecule has 1 heterocycles. The minimum absolute atomic E-state index is 0.328. The zero-order valence-corrected chi connectivity index (χ0v) is 8.14. The minimum atomic E-state index is -0.752. The van der Waals surface area contributed by atoms with Crippen molar-refractivity contribution < 1.29 is 24.7 Å². The second kappa shape index (κ2) is 5.23. The summed E-state index contributed by atoms with van der Waals surface area (Å²) in [5.41, 5.74) is 2.45. The van der Waals surface area contributed by atoms with Crippen molar-refractivity contribution in [2.24, 2.45) is 0 Å². The van der Waals surface area contributed by atoms with Gasteiger partial charge in [-0.1, -0.05) is 6.92 Å². The van der Waals surface area contributed by atoms with Gasteiger partial charge in [-0.3, -0.25) is 4.84 Å². The van der Waals surface area contributed by atoms with Crippen LogP contribution in [0, 0.1) is 0 Å². The molecule has 0 aliphatic carbocycles. The van der Waals surface area contributed by atoms with E-state index < -0.39 is 5.97 Å². The molecule has 3 N–H and O–H groups in total. The lowest BCUT2D eigenvalue weighted by Crippen LogP contribution is -2.27. The summed E-state index contributed by atoms with van der Waals surface area (Å²) in [4.78, 5) is 20.3. The highest BCUT2D eigenvalue weighted by atomic mass is 16.7. The standard InChI is InChI=1S/C8H12N2O5/c1-2-9-14-5-8(13)15-10-6(11)3-4-7(10)12/h3-4,9,11-12H,2,5H2,1H3. The van der Waals surface area contributed by atoms with E-state index in [9.17, 15) is 4.79 Å². The summed E-state index contributed by atoms with van der Waals surface area (Å²) < 4.78 is 0.595. The van der Waals surface area contributed by atoms with Crippen LogP contribution in [-0.2, 0) is 9.63 Å². The van der Waals surface area contributed by atoms with Crippen LogP contribution in [0.3, 0.4) is 0 Å². The summed E-state index contributed by atoms with van der Waals surface area (Å²) in [6, 6.07) is 2.38. The molecule has 7 nitrogen and oxygen atoms in total. The molecule has 0 fully saturated rings. The van der Waals surface area contributed by atoms with E-state index in [2.05, 4.69) is 15.2 Å². The molecule has 0 saturated heterocycles. The Kier molecular flexibility index (Phi) is 3.95. The Balaban J connectivity index is 2.44. The van der Waals surface area contributed by atoms with Gasteiger partial charge in [0.25, 0.3) is 0 Å². The van der Waals surface area contributed by atoms with E-state index in [1.54, 1.807) is 6.92 Å². The molecule has 15 heavy (non-hydrogen) atoms. The van der Waals surface area contributed by atoms with Crippen molar-refractivity contribution in [1.29, 1.82) is 0 Å². The van der Waals surface area contributed by atoms with E-state index in [1.165, 1.54) is 12.1 Å². The van der Waals surface area contributed by atoms with Crippen molar-refractivity contribution in [2.75, 3.05) is 13.2 Å². The number of aromatic nitrogens is 1. The summed E-state index contributed by atoms with van der Waals surface area (Å²) in [7, 11) is 0. The second-order valence-corrected chi connectivity index (χ2v) is 2.59. The lowest BCUT2D eigenvalue weighted by atomic mass is 10.6. The minimum Gasteiger partial charge on any atom is -0.492 e. The topological polar surface area (TPSA) is 93.0 Å². The van der Waals surface area contributed by atoms with Crippen molar-refractivity contribution in [3.8, 4) is 11.8 Å². The van der Waals surface area contributed by atoms with Gasteiger partial charge in [-0.05, 0) is 0 Å². The fourth-order valence-electron chi connectivity index (χ4n) is 0.836. The maximum atomic E-state index is 11.1. The lowest BCUT2D eigenvalue weighted by molar-refractivity contribution is -0.153. The van der Waals surface area contributed by atoms with E-state index >= 15 is 0 Å². The third kappa shape index (κ3) is 3.15. The number of hydrogen-bond acceptors (Lipinski definition) is 6. The molecular weight excluding hydrogens is 204 g/mol. The molecule has 0 radical (unpaired) electrons. The third-order valence-electron chi connectivity index (χ3n) is 1.43. The molecule has 0 amide bonds. The first-order chi connectivity index (χ1) is 7.15. The summed E-state index contributed by atoms with van der Waals surface area (Å²) in [6.45, 7) is 2.02. The smallest absolute Gasteiger partial charge is 0.360 e. The molecule has 0 aliphatic rings. The highest BCUT2D eigenvalue weighted by molar-refractivity contribution is 5.71. The molecule has 7 heteroatoms. The number of carbonyl (C=O) groups is 1. The molecule has 0 spiro atoms. The van der Waals surface area contributed by atoms with E-state index in [-0.39, 0.29) is 18.4 Å². The predicted octanol–water partition coefficient (Wildman–Crippen LogP) is -0.604. The van der Waals surface area contributed by atoms with Crippen LogP contribution in [0.4, 0.5) is 0 Å². The first kappa shape index (κ1) is 11.3. The SMILES string of the molecule is CCNOCC(=O)On1c(O)ccc1O. The lowest BCUT2D eigenvalue weighted by Gasteiger charge is -2.06. The Hall–Kier alpha value is -1.73. The van der Waals surface area contributed by atoms with Gasteiger partial charge in [0.15, 0.2) is 6.61 Å². The first-order valence-corrected chi connectivity index (χ1v) is 4.30. The number of aromatic hydroxyl groups is 2. The van der Waals surface area contributed by atoms with Crippen molar-refractivity contribution in [3.05, 3.63) is 12.1 Å². The van der Waals surface area contributed by atoms with Gasteiger partial charge in [-0.25, -0.2) is 10.3 Å². The summed E-state index contributed by atoms with van der Waals surface area (Å²) in [6.07, 6.45) is 0. The number of nitrogens with one attached hydrogen (secondary N) is 1. The largest absolute Gasteiger partial charge is 0.492 e. The van der Waals surface area contributed by atoms with Gasteiger partial charge in [-0.15, -0.1) is 4.73 Å². The van der Waals surface area contributed by atoms with Gasteiger partial charge < -0.3 is 15.1 Å². The Bertz CT molecular complexity index is 316. The average molecular weight is 216 g/mol. The Morgan fingerprint density at radius 1 is 1.47 bits per heavy atom. The summed E-state index contributed by atoms with van der Waals surface area (Å²) >= 11 is 0. The van der Waals surface area contributed by atoms with Crippen molar-refractivity contribution in [1.82, 2.24) is 10.2 Å². The van der Waals surface area contributed by atoms with Gasteiger partial charge >= 0.3 is 5.97 Å². The zero-order valence-electron chi connectivity index (χ0n) is 8.14. The Labute approximate surface area is 85.7 Å². The summed E-state index contributed by atoms with van der Waals surface area (Å²) in [5.74, 6) is -1.49. The number of hydroxylamine groups is 1. The second-order valence-electron chi connectivity index (χ2n) is 2.59. The quantitative estimate of drug-likeness (QED) is 0.449. The maximum absolute atomic E-state index is 11.1. The molecule has 1 aromatic heterocycles. The number of carbonyl (C=O) groups excluding carboxylic acids is 1. The highest BCUT2D eigenvalue weighted by Gasteiger charge is 2.11. The van der Waals surface area contributed by atoms with Crippen LogP contribution in [0.15, 0.2) is 12.1 Å². The van der Waals surface area contributed by atoms with Crippen molar-refractivity contribution in [2.45, 2.75) is 6.92 Å². The molecule has 0 saturated carbocycles. The van der Waals surface area contributed by atoms with Gasteiger partial charge in [-0.2, -0.15) is 0 Å². The number of rotatable bonds is 5. The Morgan fingerprint density at radius 2 is 2.07 bits per heavy atom. The van der Waals surface area contributed by atoms with Crippen LogP contribution in [0.5, 0.6) is 11.8 Å². The molecule has 0 unspecified atom stereocenters. The van der Waals surface area contributed by atoms with Crippen LogP contribution in [-0.4, -0.2) is 34.1 Å². The highest BCUT2D eigenvalue weighted by Crippen LogP contribution is 2.18. The van der Waals surface area contributed by atoms with Crippen LogP contribution in [0.2, 0.25) is 0 Å². The predicted molar refractivity (Wildman–Crippen MR) is 49.0 cm³/mol. The van der Waals surface area contributed by atoms with Crippen LogP contribution in [0.1, 0.15) is 6.92 Å². The molecular formula is C8H12N2O5. The van der Waals surface area contributed by atoms with Crippen molar-refractivity contribution >= 4 is 5.97 Å².